The maximum Gasteiger partial charge on any atom is 0.329 e. The molecule has 2 amide bonds. The minimum atomic E-state index is -3.21. The number of sulfone groups is 1. The predicted octanol–water partition coefficient (Wildman–Crippen LogP) is 2.31. The summed E-state index contributed by atoms with van der Waals surface area (Å²) in [5.74, 6) is 0.489. The molecule has 130 valence electrons. The van der Waals surface area contributed by atoms with E-state index in [1.807, 2.05) is 42.5 Å². The molecular weight excluding hydrogens is 340 g/mol. The summed E-state index contributed by atoms with van der Waals surface area (Å²) in [7, 11) is -1.67. The molecule has 0 radical (unpaired) electrons. The quantitative estimate of drug-likeness (QED) is 0.790. The summed E-state index contributed by atoms with van der Waals surface area (Å²) in [6, 6.07) is 15.3. The molecule has 7 heteroatoms. The first-order valence-electron chi connectivity index (χ1n) is 8.03. The normalized spacial score (nSPS) is 24.4. The molecule has 2 atom stereocenters. The molecule has 0 spiro atoms. The van der Waals surface area contributed by atoms with Gasteiger partial charge in [-0.1, -0.05) is 30.3 Å². The Morgan fingerprint density at radius 2 is 1.52 bits per heavy atom. The molecule has 6 nitrogen and oxygen atoms in total. The van der Waals surface area contributed by atoms with E-state index in [1.165, 1.54) is 7.11 Å². The zero-order chi connectivity index (χ0) is 17.6. The molecule has 0 bridgehead atoms. The number of nitrogens with zero attached hydrogens (tertiary/aromatic N) is 2. The number of hydrogen-bond donors (Lipinski definition) is 0. The van der Waals surface area contributed by atoms with E-state index in [9.17, 15) is 13.2 Å². The van der Waals surface area contributed by atoms with Gasteiger partial charge in [0.15, 0.2) is 9.84 Å². The highest BCUT2D eigenvalue weighted by atomic mass is 32.2. The Hall–Kier alpha value is -2.54. The molecule has 0 unspecified atom stereocenters. The van der Waals surface area contributed by atoms with Crippen molar-refractivity contribution in [3.63, 3.8) is 0 Å². The lowest BCUT2D eigenvalue weighted by Gasteiger charge is -2.24. The van der Waals surface area contributed by atoms with Gasteiger partial charge in [0, 0.05) is 5.69 Å². The van der Waals surface area contributed by atoms with Gasteiger partial charge in [-0.05, 0) is 24.3 Å². The number of carbonyl (C=O) groups is 1. The highest BCUT2D eigenvalue weighted by molar-refractivity contribution is 7.91. The molecule has 2 aliphatic rings. The molecule has 2 heterocycles. The number of urea groups is 1. The van der Waals surface area contributed by atoms with Crippen LogP contribution in [0.1, 0.15) is 0 Å². The van der Waals surface area contributed by atoms with Crippen LogP contribution in [-0.2, 0) is 9.84 Å². The van der Waals surface area contributed by atoms with Crippen molar-refractivity contribution in [1.29, 1.82) is 0 Å². The number of benzene rings is 2. The summed E-state index contributed by atoms with van der Waals surface area (Å²) in [4.78, 5) is 16.4. The number of para-hydroxylation sites is 3. The van der Waals surface area contributed by atoms with Crippen molar-refractivity contribution in [2.45, 2.75) is 12.1 Å². The third-order valence-corrected chi connectivity index (χ3v) is 6.45. The monoisotopic (exact) mass is 358 g/mol. The summed E-state index contributed by atoms with van der Waals surface area (Å²) >= 11 is 0. The molecule has 2 fully saturated rings. The lowest BCUT2D eigenvalue weighted by molar-refractivity contribution is 0.255. The van der Waals surface area contributed by atoms with Crippen molar-refractivity contribution in [3.05, 3.63) is 54.6 Å². The molecule has 25 heavy (non-hydrogen) atoms. The third kappa shape index (κ3) is 2.55. The fraction of sp³-hybridized carbons (Fsp3) is 0.278. The van der Waals surface area contributed by atoms with Crippen LogP contribution in [0.3, 0.4) is 0 Å². The number of hydrogen-bond acceptors (Lipinski definition) is 4. The number of methoxy groups -OCH3 is 1. The van der Waals surface area contributed by atoms with Gasteiger partial charge in [-0.25, -0.2) is 13.2 Å². The largest absolute Gasteiger partial charge is 0.495 e. The molecule has 0 aliphatic carbocycles. The average Bonchev–Trinajstić information content (AvgIpc) is 3.04. The fourth-order valence-corrected chi connectivity index (χ4v) is 5.62. The van der Waals surface area contributed by atoms with Crippen molar-refractivity contribution >= 4 is 27.2 Å². The minimum Gasteiger partial charge on any atom is -0.495 e. The van der Waals surface area contributed by atoms with E-state index in [4.69, 9.17) is 4.74 Å². The molecule has 0 aromatic heterocycles. The van der Waals surface area contributed by atoms with E-state index >= 15 is 0 Å². The summed E-state index contributed by atoms with van der Waals surface area (Å²) in [6.07, 6.45) is 0. The van der Waals surface area contributed by atoms with Gasteiger partial charge in [0.25, 0.3) is 0 Å². The van der Waals surface area contributed by atoms with Crippen molar-refractivity contribution in [1.82, 2.24) is 0 Å². The fourth-order valence-electron chi connectivity index (χ4n) is 3.70. The summed E-state index contributed by atoms with van der Waals surface area (Å²) in [5, 5.41) is 0. The van der Waals surface area contributed by atoms with Crippen LogP contribution in [0.2, 0.25) is 0 Å². The number of fused-ring (bicyclic) bond motifs is 1. The van der Waals surface area contributed by atoms with Crippen molar-refractivity contribution in [2.75, 3.05) is 28.4 Å². The topological polar surface area (TPSA) is 66.9 Å². The van der Waals surface area contributed by atoms with E-state index in [0.29, 0.717) is 17.1 Å². The molecular formula is C18H18N2O4S. The SMILES string of the molecule is COc1ccccc1N1C(=O)N(c2ccccc2)[C@@H]2CS(=O)(=O)C[C@H]21. The summed E-state index contributed by atoms with van der Waals surface area (Å²) < 4.78 is 29.9. The van der Waals surface area contributed by atoms with Crippen LogP contribution in [-0.4, -0.2) is 45.1 Å². The number of carbonyl (C=O) groups excluding carboxylic acids is 1. The Morgan fingerprint density at radius 1 is 0.920 bits per heavy atom. The molecule has 2 saturated heterocycles. The number of amides is 2. The van der Waals surface area contributed by atoms with Crippen LogP contribution in [0.5, 0.6) is 5.75 Å². The number of ether oxygens (including phenoxy) is 1. The van der Waals surface area contributed by atoms with Crippen LogP contribution in [0, 0.1) is 0 Å². The zero-order valence-corrected chi connectivity index (χ0v) is 14.5. The second-order valence-corrected chi connectivity index (χ2v) is 8.40. The maximum absolute atomic E-state index is 13.2. The first kappa shape index (κ1) is 16.0. The van der Waals surface area contributed by atoms with E-state index in [1.54, 1.807) is 21.9 Å². The van der Waals surface area contributed by atoms with Gasteiger partial charge in [0.2, 0.25) is 0 Å². The molecule has 4 rings (SSSR count). The van der Waals surface area contributed by atoms with E-state index in [2.05, 4.69) is 0 Å². The highest BCUT2D eigenvalue weighted by Gasteiger charge is 2.54. The summed E-state index contributed by atoms with van der Waals surface area (Å²) in [5.41, 5.74) is 1.30. The Labute approximate surface area is 146 Å². The van der Waals surface area contributed by atoms with Crippen molar-refractivity contribution < 1.29 is 17.9 Å². The van der Waals surface area contributed by atoms with Crippen LogP contribution in [0.15, 0.2) is 54.6 Å². The van der Waals surface area contributed by atoms with E-state index in [-0.39, 0.29) is 17.5 Å². The minimum absolute atomic E-state index is 0.0239. The Balaban J connectivity index is 1.84. The van der Waals surface area contributed by atoms with Crippen LogP contribution in [0.25, 0.3) is 0 Å². The van der Waals surface area contributed by atoms with Gasteiger partial charge in [0.1, 0.15) is 5.75 Å². The van der Waals surface area contributed by atoms with Gasteiger partial charge in [-0.15, -0.1) is 0 Å². The van der Waals surface area contributed by atoms with E-state index in [0.717, 1.165) is 0 Å². The zero-order valence-electron chi connectivity index (χ0n) is 13.7. The van der Waals surface area contributed by atoms with Crippen LogP contribution < -0.4 is 14.5 Å². The first-order chi connectivity index (χ1) is 12.0. The Kier molecular flexibility index (Phi) is 3.68. The Bertz CT molecular complexity index is 914. The molecule has 2 aromatic rings. The second-order valence-electron chi connectivity index (χ2n) is 6.24. The van der Waals surface area contributed by atoms with Gasteiger partial charge in [-0.3, -0.25) is 9.80 Å². The van der Waals surface area contributed by atoms with Crippen LogP contribution >= 0.6 is 0 Å². The van der Waals surface area contributed by atoms with Gasteiger partial charge >= 0.3 is 6.03 Å². The summed E-state index contributed by atoms with van der Waals surface area (Å²) in [6.45, 7) is 0. The smallest absolute Gasteiger partial charge is 0.329 e. The standard InChI is InChI=1S/C18H18N2O4S/c1-24-17-10-6-5-9-14(17)20-16-12-25(22,23)11-15(16)19(18(20)21)13-7-3-2-4-8-13/h2-10,15-16H,11-12H2,1H3/t15-,16-/m1/s1. The lowest BCUT2D eigenvalue weighted by atomic mass is 10.1. The average molecular weight is 358 g/mol. The van der Waals surface area contributed by atoms with E-state index < -0.39 is 21.9 Å². The van der Waals surface area contributed by atoms with Crippen LogP contribution in [0.4, 0.5) is 16.2 Å². The molecule has 2 aliphatic heterocycles. The Morgan fingerprint density at radius 3 is 2.20 bits per heavy atom. The van der Waals surface area contributed by atoms with Gasteiger partial charge < -0.3 is 4.74 Å². The van der Waals surface area contributed by atoms with Crippen molar-refractivity contribution in [2.24, 2.45) is 0 Å². The molecule has 0 N–H and O–H groups in total. The lowest BCUT2D eigenvalue weighted by Crippen LogP contribution is -2.38. The van der Waals surface area contributed by atoms with Gasteiger partial charge in [-0.2, -0.15) is 0 Å². The van der Waals surface area contributed by atoms with Gasteiger partial charge in [0.05, 0.1) is 36.4 Å². The van der Waals surface area contributed by atoms with Crippen molar-refractivity contribution in [3.8, 4) is 5.75 Å². The second kappa shape index (κ2) is 5.77. The molecule has 2 aromatic carbocycles. The number of rotatable bonds is 3. The molecule has 0 saturated carbocycles. The maximum atomic E-state index is 13.2. The predicted molar refractivity (Wildman–Crippen MR) is 96.0 cm³/mol. The third-order valence-electron chi connectivity index (χ3n) is 4.75. The first-order valence-corrected chi connectivity index (χ1v) is 9.85. The highest BCUT2D eigenvalue weighted by Crippen LogP contribution is 2.40. The number of anilines is 2.